The fraction of sp³-hybridized carbons (Fsp3) is 0.0714. The largest absolute Gasteiger partial charge is 0.456 e. The van der Waals surface area contributed by atoms with E-state index in [2.05, 4.69) is 15.9 Å². The first kappa shape index (κ1) is 15.6. The van der Waals surface area contributed by atoms with Crippen molar-refractivity contribution in [3.63, 3.8) is 0 Å². The number of hydrogen-bond donors (Lipinski definition) is 0. The smallest absolute Gasteiger partial charge is 0.161 e. The fourth-order valence-electron chi connectivity index (χ4n) is 1.55. The van der Waals surface area contributed by atoms with E-state index in [0.29, 0.717) is 36.6 Å². The molecule has 2 nitrogen and oxygen atoms in total. The van der Waals surface area contributed by atoms with Crippen molar-refractivity contribution in [3.8, 4) is 11.5 Å². The molecule has 0 amide bonds. The van der Waals surface area contributed by atoms with Crippen molar-refractivity contribution in [1.29, 1.82) is 0 Å². The Morgan fingerprint density at radius 2 is 1.75 bits per heavy atom. The monoisotopic (exact) mass is 392 g/mol. The summed E-state index contributed by atoms with van der Waals surface area (Å²) in [6.45, 7) is 1.45. The van der Waals surface area contributed by atoms with Crippen LogP contribution in [0.15, 0.2) is 34.8 Å². The van der Waals surface area contributed by atoms with Crippen molar-refractivity contribution < 1.29 is 9.53 Å². The first-order chi connectivity index (χ1) is 9.38. The van der Waals surface area contributed by atoms with Gasteiger partial charge in [-0.15, -0.1) is 0 Å². The Hall–Kier alpha value is -0.740. The number of carbonyl (C=O) groups excluding carboxylic acids is 1. The Balaban J connectivity index is 2.33. The van der Waals surface area contributed by atoms with Crippen LogP contribution < -0.4 is 4.74 Å². The number of benzene rings is 2. The Bertz CT molecular complexity index is 686. The second-order valence-corrected chi connectivity index (χ2v) is 6.07. The molecule has 0 N–H and O–H groups in total. The summed E-state index contributed by atoms with van der Waals surface area (Å²) in [6.07, 6.45) is 0. The van der Waals surface area contributed by atoms with Gasteiger partial charge in [0.25, 0.3) is 0 Å². The van der Waals surface area contributed by atoms with Gasteiger partial charge in [0, 0.05) is 22.2 Å². The van der Waals surface area contributed by atoms with Gasteiger partial charge < -0.3 is 4.74 Å². The summed E-state index contributed by atoms with van der Waals surface area (Å²) in [6, 6.07) is 8.05. The van der Waals surface area contributed by atoms with Crippen molar-refractivity contribution in [2.24, 2.45) is 0 Å². The van der Waals surface area contributed by atoms with E-state index < -0.39 is 0 Å². The van der Waals surface area contributed by atoms with E-state index in [-0.39, 0.29) is 5.78 Å². The predicted octanol–water partition coefficient (Wildman–Crippen LogP) is 6.40. The number of hydrogen-bond acceptors (Lipinski definition) is 2. The Kier molecular flexibility index (Phi) is 4.97. The van der Waals surface area contributed by atoms with Crippen LogP contribution in [-0.2, 0) is 0 Å². The highest BCUT2D eigenvalue weighted by molar-refractivity contribution is 9.10. The molecule has 2 rings (SSSR count). The van der Waals surface area contributed by atoms with E-state index in [1.54, 1.807) is 30.3 Å². The second-order valence-electron chi connectivity index (χ2n) is 4.00. The number of ether oxygens (including phenoxy) is 1. The molecule has 104 valence electrons. The lowest BCUT2D eigenvalue weighted by atomic mass is 10.1. The zero-order valence-corrected chi connectivity index (χ0v) is 14.1. The molecule has 0 bridgehead atoms. The molecular weight excluding hydrogens is 386 g/mol. The van der Waals surface area contributed by atoms with Crippen molar-refractivity contribution in [2.45, 2.75) is 6.92 Å². The van der Waals surface area contributed by atoms with Crippen molar-refractivity contribution in [3.05, 3.63) is 55.4 Å². The van der Waals surface area contributed by atoms with E-state index in [9.17, 15) is 4.79 Å². The van der Waals surface area contributed by atoms with Crippen molar-refractivity contribution >= 4 is 56.5 Å². The molecule has 20 heavy (non-hydrogen) atoms. The normalized spacial score (nSPS) is 10.4. The predicted molar refractivity (Wildman–Crippen MR) is 85.7 cm³/mol. The summed E-state index contributed by atoms with van der Waals surface area (Å²) < 4.78 is 6.31. The molecule has 0 unspecified atom stereocenters. The molecule has 0 aromatic heterocycles. The van der Waals surface area contributed by atoms with Gasteiger partial charge in [0.2, 0.25) is 0 Å². The summed E-state index contributed by atoms with van der Waals surface area (Å²) in [5, 5.41) is 1.22. The second kappa shape index (κ2) is 6.35. The summed E-state index contributed by atoms with van der Waals surface area (Å²) in [5.74, 6) is 0.776. The van der Waals surface area contributed by atoms with E-state index >= 15 is 0 Å². The van der Waals surface area contributed by atoms with Crippen LogP contribution in [0, 0.1) is 0 Å². The minimum Gasteiger partial charge on any atom is -0.456 e. The van der Waals surface area contributed by atoms with Gasteiger partial charge in [0.05, 0.1) is 15.1 Å². The van der Waals surface area contributed by atoms with E-state index in [4.69, 9.17) is 39.5 Å². The lowest BCUT2D eigenvalue weighted by Crippen LogP contribution is -1.94. The zero-order valence-electron chi connectivity index (χ0n) is 10.2. The highest BCUT2D eigenvalue weighted by Crippen LogP contribution is 2.37. The van der Waals surface area contributed by atoms with Crippen LogP contribution in [0.25, 0.3) is 0 Å². The maximum absolute atomic E-state index is 11.3. The molecular formula is C14H8BrCl3O2. The third-order valence-electron chi connectivity index (χ3n) is 2.52. The van der Waals surface area contributed by atoms with Gasteiger partial charge in [0.15, 0.2) is 5.78 Å². The number of Topliss-reactive ketones (excluding diaryl/α,β-unsaturated/α-hetero) is 1. The van der Waals surface area contributed by atoms with Gasteiger partial charge in [0.1, 0.15) is 11.5 Å². The third kappa shape index (κ3) is 3.47. The van der Waals surface area contributed by atoms with Gasteiger partial charge in [-0.3, -0.25) is 4.79 Å². The quantitative estimate of drug-likeness (QED) is 0.444. The van der Waals surface area contributed by atoms with Crippen molar-refractivity contribution in [2.75, 3.05) is 0 Å². The van der Waals surface area contributed by atoms with Crippen LogP contribution in [0.5, 0.6) is 11.5 Å². The molecule has 0 aliphatic carbocycles. The number of ketones is 1. The maximum Gasteiger partial charge on any atom is 0.161 e. The third-order valence-corrected chi connectivity index (χ3v) is 4.33. The molecule has 0 aliphatic heterocycles. The molecule has 0 saturated heterocycles. The Labute approximate surface area is 139 Å². The number of halogens is 4. The van der Waals surface area contributed by atoms with E-state index in [1.807, 2.05) is 0 Å². The fourth-order valence-corrected chi connectivity index (χ4v) is 2.69. The summed E-state index contributed by atoms with van der Waals surface area (Å²) >= 11 is 21.4. The van der Waals surface area contributed by atoms with Crippen LogP contribution in [0.2, 0.25) is 15.1 Å². The van der Waals surface area contributed by atoms with Crippen LogP contribution >= 0.6 is 50.7 Å². The standard InChI is InChI=1S/C14H8BrCl3O2/c1-7(19)9-3-2-8(4-11(9)16)20-14-6-12(17)10(15)5-13(14)18/h2-6H,1H3. The molecule has 2 aromatic rings. The average molecular weight is 394 g/mol. The van der Waals surface area contributed by atoms with Crippen LogP contribution in [0.4, 0.5) is 0 Å². The molecule has 6 heteroatoms. The minimum atomic E-state index is -0.105. The maximum atomic E-state index is 11.3. The lowest BCUT2D eigenvalue weighted by molar-refractivity contribution is 0.101. The molecule has 0 fully saturated rings. The lowest BCUT2D eigenvalue weighted by Gasteiger charge is -2.10. The molecule has 0 radical (unpaired) electrons. The van der Waals surface area contributed by atoms with Crippen LogP contribution in [0.3, 0.4) is 0 Å². The van der Waals surface area contributed by atoms with Crippen LogP contribution in [-0.4, -0.2) is 5.78 Å². The molecule has 0 spiro atoms. The SMILES string of the molecule is CC(=O)c1ccc(Oc2cc(Cl)c(Br)cc2Cl)cc1Cl. The zero-order chi connectivity index (χ0) is 14.9. The minimum absolute atomic E-state index is 0.105. The summed E-state index contributed by atoms with van der Waals surface area (Å²) in [5.41, 5.74) is 0.443. The molecule has 0 saturated carbocycles. The molecule has 2 aromatic carbocycles. The molecule has 0 aliphatic rings. The van der Waals surface area contributed by atoms with Gasteiger partial charge >= 0.3 is 0 Å². The van der Waals surface area contributed by atoms with Gasteiger partial charge in [-0.25, -0.2) is 0 Å². The van der Waals surface area contributed by atoms with Gasteiger partial charge in [-0.1, -0.05) is 34.8 Å². The summed E-state index contributed by atoms with van der Waals surface area (Å²) in [4.78, 5) is 11.3. The molecule has 0 heterocycles. The summed E-state index contributed by atoms with van der Waals surface area (Å²) in [7, 11) is 0. The van der Waals surface area contributed by atoms with Gasteiger partial charge in [-0.2, -0.15) is 0 Å². The average Bonchev–Trinajstić information content (AvgIpc) is 2.35. The van der Waals surface area contributed by atoms with Gasteiger partial charge in [-0.05, 0) is 41.1 Å². The highest BCUT2D eigenvalue weighted by Gasteiger charge is 2.10. The Morgan fingerprint density at radius 3 is 2.35 bits per heavy atom. The Morgan fingerprint density at radius 1 is 1.05 bits per heavy atom. The van der Waals surface area contributed by atoms with E-state index in [1.165, 1.54) is 6.92 Å². The number of rotatable bonds is 3. The number of carbonyl (C=O) groups is 1. The first-order valence-corrected chi connectivity index (χ1v) is 7.44. The highest BCUT2D eigenvalue weighted by atomic mass is 79.9. The topological polar surface area (TPSA) is 26.3 Å². The first-order valence-electron chi connectivity index (χ1n) is 5.51. The van der Waals surface area contributed by atoms with Crippen molar-refractivity contribution in [1.82, 2.24) is 0 Å². The van der Waals surface area contributed by atoms with E-state index in [0.717, 1.165) is 0 Å². The molecule has 0 atom stereocenters. The van der Waals surface area contributed by atoms with Crippen LogP contribution in [0.1, 0.15) is 17.3 Å².